The van der Waals surface area contributed by atoms with Gasteiger partial charge in [0.25, 0.3) is 0 Å². The number of aromatic amines is 1. The van der Waals surface area contributed by atoms with Crippen LogP contribution in [-0.2, 0) is 0 Å². The Morgan fingerprint density at radius 3 is 3.26 bits per heavy atom. The Balaban J connectivity index is 1.66. The fourth-order valence-electron chi connectivity index (χ4n) is 2.74. The van der Waals surface area contributed by atoms with Crippen LogP contribution in [0.3, 0.4) is 0 Å². The maximum absolute atomic E-state index is 4.47. The lowest BCUT2D eigenvalue weighted by Gasteiger charge is -2.19. The Bertz CT molecular complexity index is 546. The van der Waals surface area contributed by atoms with Gasteiger partial charge < -0.3 is 15.2 Å². The van der Waals surface area contributed by atoms with Crippen LogP contribution in [0.25, 0.3) is 11.0 Å². The van der Waals surface area contributed by atoms with Crippen molar-refractivity contribution in [2.75, 3.05) is 24.5 Å². The fourth-order valence-corrected chi connectivity index (χ4v) is 2.74. The Morgan fingerprint density at radius 1 is 1.53 bits per heavy atom. The highest BCUT2D eigenvalue weighted by molar-refractivity contribution is 5.79. The highest BCUT2D eigenvalue weighted by Gasteiger charge is 2.22. The lowest BCUT2D eigenvalue weighted by molar-refractivity contribution is 0.480. The van der Waals surface area contributed by atoms with Crippen LogP contribution in [0.5, 0.6) is 0 Å². The van der Waals surface area contributed by atoms with Crippen molar-refractivity contribution in [3.8, 4) is 0 Å². The van der Waals surface area contributed by atoms with Crippen LogP contribution in [0.15, 0.2) is 24.5 Å². The number of H-pyrrole nitrogens is 1. The molecule has 1 unspecified atom stereocenters. The smallest absolute Gasteiger partial charge is 0.137 e. The molecule has 0 saturated carbocycles. The third-order valence-corrected chi connectivity index (χ3v) is 3.85. The van der Waals surface area contributed by atoms with Crippen molar-refractivity contribution in [3.05, 3.63) is 24.5 Å². The first-order valence-corrected chi connectivity index (χ1v) is 7.14. The Hall–Kier alpha value is -1.55. The number of nitrogens with one attached hydrogen (secondary N) is 2. The first kappa shape index (κ1) is 12.5. The van der Waals surface area contributed by atoms with Crippen molar-refractivity contribution in [3.63, 3.8) is 0 Å². The fraction of sp³-hybridized carbons (Fsp3) is 0.533. The molecular formula is C15H22N4. The quantitative estimate of drug-likeness (QED) is 0.885. The van der Waals surface area contributed by atoms with Crippen LogP contribution >= 0.6 is 0 Å². The lowest BCUT2D eigenvalue weighted by Crippen LogP contribution is -2.30. The van der Waals surface area contributed by atoms with Crippen molar-refractivity contribution in [1.82, 2.24) is 15.3 Å². The van der Waals surface area contributed by atoms with Crippen molar-refractivity contribution >= 4 is 16.7 Å². The number of nitrogens with zero attached hydrogens (tertiary/aromatic N) is 2. The van der Waals surface area contributed by atoms with E-state index < -0.39 is 0 Å². The molecule has 3 heterocycles. The highest BCUT2D eigenvalue weighted by atomic mass is 15.2. The van der Waals surface area contributed by atoms with Crippen LogP contribution in [0.4, 0.5) is 5.69 Å². The molecule has 2 aromatic heterocycles. The predicted octanol–water partition coefficient (Wildman–Crippen LogP) is 2.39. The molecule has 1 fully saturated rings. The summed E-state index contributed by atoms with van der Waals surface area (Å²) in [5.41, 5.74) is 2.22. The SMILES string of the molecule is CC(C)NCC1CCN(c2cnc3[nH]ccc3c2)C1. The number of anilines is 1. The van der Waals surface area contributed by atoms with Gasteiger partial charge >= 0.3 is 0 Å². The molecule has 19 heavy (non-hydrogen) atoms. The van der Waals surface area contributed by atoms with E-state index in [1.54, 1.807) is 0 Å². The van der Waals surface area contributed by atoms with Crippen LogP contribution in [0.2, 0.25) is 0 Å². The second kappa shape index (κ2) is 5.21. The summed E-state index contributed by atoms with van der Waals surface area (Å²) in [5.74, 6) is 0.754. The summed E-state index contributed by atoms with van der Waals surface area (Å²) < 4.78 is 0. The first-order chi connectivity index (χ1) is 9.22. The maximum atomic E-state index is 4.47. The van der Waals surface area contributed by atoms with Crippen LogP contribution in [0.1, 0.15) is 20.3 Å². The molecule has 4 heteroatoms. The zero-order chi connectivity index (χ0) is 13.2. The largest absolute Gasteiger partial charge is 0.370 e. The zero-order valence-electron chi connectivity index (χ0n) is 11.7. The lowest BCUT2D eigenvalue weighted by atomic mass is 10.1. The molecule has 4 nitrogen and oxygen atoms in total. The molecule has 2 aromatic rings. The molecule has 1 saturated heterocycles. The van der Waals surface area contributed by atoms with Crippen molar-refractivity contribution in [1.29, 1.82) is 0 Å². The second-order valence-corrected chi connectivity index (χ2v) is 5.77. The predicted molar refractivity (Wildman–Crippen MR) is 79.6 cm³/mol. The third kappa shape index (κ3) is 2.73. The van der Waals surface area contributed by atoms with Gasteiger partial charge in [-0.15, -0.1) is 0 Å². The zero-order valence-corrected chi connectivity index (χ0v) is 11.7. The molecule has 0 amide bonds. The first-order valence-electron chi connectivity index (χ1n) is 7.14. The summed E-state index contributed by atoms with van der Waals surface area (Å²) in [7, 11) is 0. The van der Waals surface area contributed by atoms with E-state index in [1.807, 2.05) is 12.4 Å². The summed E-state index contributed by atoms with van der Waals surface area (Å²) in [6.07, 6.45) is 5.20. The highest BCUT2D eigenvalue weighted by Crippen LogP contribution is 2.25. The van der Waals surface area contributed by atoms with Gasteiger partial charge in [0.2, 0.25) is 0 Å². The normalized spacial score (nSPS) is 19.7. The van der Waals surface area contributed by atoms with E-state index in [9.17, 15) is 0 Å². The summed E-state index contributed by atoms with van der Waals surface area (Å²) in [4.78, 5) is 10.1. The van der Waals surface area contributed by atoms with E-state index >= 15 is 0 Å². The van der Waals surface area contributed by atoms with Gasteiger partial charge in [0.15, 0.2) is 0 Å². The van der Waals surface area contributed by atoms with Gasteiger partial charge in [-0.05, 0) is 31.0 Å². The van der Waals surface area contributed by atoms with Gasteiger partial charge in [-0.3, -0.25) is 0 Å². The molecule has 0 spiro atoms. The standard InChI is InChI=1S/C15H22N4/c1-11(2)17-8-12-4-6-19(10-12)14-7-13-3-5-16-15(13)18-9-14/h3,5,7,9,11-12,17H,4,6,8,10H2,1-2H3,(H,16,18). The number of fused-ring (bicyclic) bond motifs is 1. The number of rotatable bonds is 4. The Kier molecular flexibility index (Phi) is 3.42. The van der Waals surface area contributed by atoms with E-state index in [4.69, 9.17) is 0 Å². The molecule has 2 N–H and O–H groups in total. The van der Waals surface area contributed by atoms with E-state index in [0.29, 0.717) is 6.04 Å². The maximum Gasteiger partial charge on any atom is 0.137 e. The number of hydrogen-bond donors (Lipinski definition) is 2. The number of aromatic nitrogens is 2. The summed E-state index contributed by atoms with van der Waals surface area (Å²) in [6, 6.07) is 4.89. The summed E-state index contributed by atoms with van der Waals surface area (Å²) >= 11 is 0. The van der Waals surface area contributed by atoms with E-state index in [-0.39, 0.29) is 0 Å². The monoisotopic (exact) mass is 258 g/mol. The molecule has 0 aromatic carbocycles. The molecular weight excluding hydrogens is 236 g/mol. The van der Waals surface area contributed by atoms with Gasteiger partial charge in [-0.25, -0.2) is 4.98 Å². The van der Waals surface area contributed by atoms with Crippen molar-refractivity contribution in [2.45, 2.75) is 26.3 Å². The Labute approximate surface area is 114 Å². The summed E-state index contributed by atoms with van der Waals surface area (Å²) in [5, 5.41) is 4.73. The van der Waals surface area contributed by atoms with Gasteiger partial charge in [-0.1, -0.05) is 13.8 Å². The van der Waals surface area contributed by atoms with Crippen molar-refractivity contribution < 1.29 is 0 Å². The van der Waals surface area contributed by atoms with Gasteiger partial charge in [-0.2, -0.15) is 0 Å². The van der Waals surface area contributed by atoms with E-state index in [1.165, 1.54) is 17.5 Å². The van der Waals surface area contributed by atoms with E-state index in [0.717, 1.165) is 31.2 Å². The van der Waals surface area contributed by atoms with Crippen LogP contribution in [0, 0.1) is 5.92 Å². The minimum atomic E-state index is 0.576. The second-order valence-electron chi connectivity index (χ2n) is 5.77. The third-order valence-electron chi connectivity index (χ3n) is 3.85. The van der Waals surface area contributed by atoms with Gasteiger partial charge in [0.1, 0.15) is 5.65 Å². The van der Waals surface area contributed by atoms with Gasteiger partial charge in [0.05, 0.1) is 11.9 Å². The number of hydrogen-bond acceptors (Lipinski definition) is 3. The Morgan fingerprint density at radius 2 is 2.42 bits per heavy atom. The van der Waals surface area contributed by atoms with Gasteiger partial charge in [0, 0.05) is 30.7 Å². The molecule has 0 bridgehead atoms. The molecule has 0 radical (unpaired) electrons. The minimum Gasteiger partial charge on any atom is -0.370 e. The van der Waals surface area contributed by atoms with E-state index in [2.05, 4.69) is 46.2 Å². The molecule has 102 valence electrons. The average molecular weight is 258 g/mol. The number of pyridine rings is 1. The van der Waals surface area contributed by atoms with Crippen molar-refractivity contribution in [2.24, 2.45) is 5.92 Å². The molecule has 1 aliphatic heterocycles. The molecule has 3 rings (SSSR count). The molecule has 1 aliphatic rings. The summed E-state index contributed by atoms with van der Waals surface area (Å²) in [6.45, 7) is 7.81. The molecule has 1 atom stereocenters. The topological polar surface area (TPSA) is 44.0 Å². The van der Waals surface area contributed by atoms with Crippen LogP contribution < -0.4 is 10.2 Å². The average Bonchev–Trinajstić information content (AvgIpc) is 3.04. The molecule has 0 aliphatic carbocycles. The van der Waals surface area contributed by atoms with Crippen LogP contribution in [-0.4, -0.2) is 35.6 Å². The minimum absolute atomic E-state index is 0.576.